The van der Waals surface area contributed by atoms with Crippen LogP contribution in [0.15, 0.2) is 71.9 Å². The van der Waals surface area contributed by atoms with Gasteiger partial charge in [-0.05, 0) is 86.5 Å². The molecular formula is C29H31N3O3S. The van der Waals surface area contributed by atoms with Crippen molar-refractivity contribution in [2.24, 2.45) is 0 Å². The second-order valence-corrected chi connectivity index (χ2v) is 10.5. The van der Waals surface area contributed by atoms with Crippen molar-refractivity contribution in [3.05, 3.63) is 89.1 Å². The van der Waals surface area contributed by atoms with E-state index in [0.29, 0.717) is 16.8 Å². The Hall–Kier alpha value is -3.58. The van der Waals surface area contributed by atoms with Crippen LogP contribution in [0.4, 0.5) is 5.69 Å². The summed E-state index contributed by atoms with van der Waals surface area (Å²) in [5, 5.41) is 7.13. The molecule has 6 nitrogen and oxygen atoms in total. The molecule has 1 aromatic heterocycles. The minimum Gasteiger partial charge on any atom is -0.497 e. The van der Waals surface area contributed by atoms with Crippen molar-refractivity contribution in [3.8, 4) is 5.75 Å². The van der Waals surface area contributed by atoms with Crippen LogP contribution in [-0.2, 0) is 6.42 Å². The lowest BCUT2D eigenvalue weighted by atomic mass is 9.85. The Morgan fingerprint density at radius 3 is 2.67 bits per heavy atom. The topological polar surface area (TPSA) is 80.3 Å². The number of methoxy groups -OCH3 is 1. The highest BCUT2D eigenvalue weighted by Crippen LogP contribution is 2.32. The Morgan fingerprint density at radius 2 is 1.94 bits per heavy atom. The van der Waals surface area contributed by atoms with Gasteiger partial charge in [-0.2, -0.15) is 0 Å². The number of hydrogen-bond donors (Lipinski definition) is 2. The molecule has 0 radical (unpaired) electrons. The molecule has 0 aliphatic carbocycles. The second kappa shape index (κ2) is 11.0. The van der Waals surface area contributed by atoms with Gasteiger partial charge in [0.05, 0.1) is 12.7 Å². The summed E-state index contributed by atoms with van der Waals surface area (Å²) in [7, 11) is 1.63. The van der Waals surface area contributed by atoms with Gasteiger partial charge in [0, 0.05) is 40.3 Å². The van der Waals surface area contributed by atoms with Gasteiger partial charge in [0.2, 0.25) is 0 Å². The predicted octanol–water partition coefficient (Wildman–Crippen LogP) is 5.99. The van der Waals surface area contributed by atoms with Gasteiger partial charge in [0.1, 0.15) is 10.8 Å². The molecule has 1 aliphatic heterocycles. The molecule has 36 heavy (non-hydrogen) atoms. The zero-order valence-corrected chi connectivity index (χ0v) is 21.9. The number of nitrogens with one attached hydrogen (secondary N) is 2. The van der Waals surface area contributed by atoms with Gasteiger partial charge >= 0.3 is 0 Å². The van der Waals surface area contributed by atoms with Crippen LogP contribution in [0.3, 0.4) is 0 Å². The van der Waals surface area contributed by atoms with Crippen LogP contribution in [0.2, 0.25) is 0 Å². The number of anilines is 1. The molecule has 7 heteroatoms. The first-order valence-corrected chi connectivity index (χ1v) is 13.0. The van der Waals surface area contributed by atoms with E-state index in [1.807, 2.05) is 12.1 Å². The number of amides is 1. The number of nitrogens with zero attached hydrogens (tertiary/aromatic N) is 1. The van der Waals surface area contributed by atoms with Gasteiger partial charge in [-0.1, -0.05) is 13.0 Å². The SMILES string of the molecule is CCCSc1ncccc1C(=O)Nc1ccc(C(=O)C=C2NC(C)(C)Cc3ccc(OC)cc32)cc1. The molecule has 3 aromatic rings. The molecular weight excluding hydrogens is 470 g/mol. The van der Waals surface area contributed by atoms with Crippen LogP contribution in [-0.4, -0.2) is 35.1 Å². The molecule has 1 amide bonds. The summed E-state index contributed by atoms with van der Waals surface area (Å²) >= 11 is 1.57. The first-order chi connectivity index (χ1) is 17.3. The number of hydrogen-bond acceptors (Lipinski definition) is 6. The summed E-state index contributed by atoms with van der Waals surface area (Å²) in [6.07, 6.45) is 5.18. The molecule has 2 N–H and O–H groups in total. The van der Waals surface area contributed by atoms with Gasteiger partial charge in [0.25, 0.3) is 5.91 Å². The maximum absolute atomic E-state index is 13.1. The third-order valence-electron chi connectivity index (χ3n) is 5.87. The van der Waals surface area contributed by atoms with Crippen LogP contribution in [0, 0.1) is 0 Å². The number of aromatic nitrogens is 1. The van der Waals surface area contributed by atoms with Crippen LogP contribution < -0.4 is 15.4 Å². The van der Waals surface area contributed by atoms with E-state index in [9.17, 15) is 9.59 Å². The summed E-state index contributed by atoms with van der Waals surface area (Å²) in [5.74, 6) is 1.31. The fraction of sp³-hybridized carbons (Fsp3) is 0.276. The molecule has 0 fully saturated rings. The Morgan fingerprint density at radius 1 is 1.17 bits per heavy atom. The van der Waals surface area contributed by atoms with Gasteiger partial charge in [-0.3, -0.25) is 9.59 Å². The first kappa shape index (κ1) is 25.5. The molecule has 2 aromatic carbocycles. The maximum atomic E-state index is 13.1. The molecule has 0 spiro atoms. The van der Waals surface area contributed by atoms with E-state index in [-0.39, 0.29) is 17.2 Å². The number of fused-ring (bicyclic) bond motifs is 1. The van der Waals surface area contributed by atoms with Gasteiger partial charge in [-0.15, -0.1) is 11.8 Å². The Bertz CT molecular complexity index is 1300. The predicted molar refractivity (Wildman–Crippen MR) is 146 cm³/mol. The molecule has 186 valence electrons. The number of rotatable bonds is 8. The number of carbonyl (C=O) groups excluding carboxylic acids is 2. The first-order valence-electron chi connectivity index (χ1n) is 12.0. The summed E-state index contributed by atoms with van der Waals surface area (Å²) in [4.78, 5) is 30.3. The molecule has 1 aliphatic rings. The number of allylic oxidation sites excluding steroid dienone is 1. The average Bonchev–Trinajstić information content (AvgIpc) is 2.87. The molecule has 0 bridgehead atoms. The highest BCUT2D eigenvalue weighted by Gasteiger charge is 2.28. The second-order valence-electron chi connectivity index (χ2n) is 9.37. The van der Waals surface area contributed by atoms with Crippen molar-refractivity contribution in [1.29, 1.82) is 0 Å². The van der Waals surface area contributed by atoms with E-state index >= 15 is 0 Å². The number of ether oxygens (including phenoxy) is 1. The van der Waals surface area contributed by atoms with Crippen molar-refractivity contribution in [2.45, 2.75) is 44.2 Å². The van der Waals surface area contributed by atoms with E-state index in [4.69, 9.17) is 4.74 Å². The fourth-order valence-corrected chi connectivity index (χ4v) is 5.01. The van der Waals surface area contributed by atoms with Crippen molar-refractivity contribution in [1.82, 2.24) is 10.3 Å². The highest BCUT2D eigenvalue weighted by molar-refractivity contribution is 7.99. The third kappa shape index (κ3) is 5.97. The zero-order valence-electron chi connectivity index (χ0n) is 21.1. The summed E-state index contributed by atoms with van der Waals surface area (Å²) in [6, 6.07) is 16.4. The van der Waals surface area contributed by atoms with E-state index in [1.165, 1.54) is 5.56 Å². The average molecular weight is 502 g/mol. The molecule has 0 unspecified atom stereocenters. The van der Waals surface area contributed by atoms with E-state index < -0.39 is 0 Å². The lowest BCUT2D eigenvalue weighted by Gasteiger charge is -2.35. The Labute approximate surface area is 216 Å². The monoisotopic (exact) mass is 501 g/mol. The smallest absolute Gasteiger partial charge is 0.258 e. The van der Waals surface area contributed by atoms with Crippen LogP contribution in [0.1, 0.15) is 59.0 Å². The summed E-state index contributed by atoms with van der Waals surface area (Å²) < 4.78 is 5.39. The number of ketones is 1. The van der Waals surface area contributed by atoms with Crippen molar-refractivity contribution >= 4 is 34.8 Å². The van der Waals surface area contributed by atoms with E-state index in [0.717, 1.165) is 40.6 Å². The summed E-state index contributed by atoms with van der Waals surface area (Å²) in [5.41, 5.74) is 4.43. The van der Waals surface area contributed by atoms with Crippen molar-refractivity contribution in [2.75, 3.05) is 18.2 Å². The fourth-order valence-electron chi connectivity index (χ4n) is 4.16. The molecule has 0 saturated carbocycles. The van der Waals surface area contributed by atoms with Gasteiger partial charge in [-0.25, -0.2) is 4.98 Å². The van der Waals surface area contributed by atoms with E-state index in [2.05, 4.69) is 42.5 Å². The van der Waals surface area contributed by atoms with Crippen LogP contribution in [0.5, 0.6) is 5.75 Å². The lowest BCUT2D eigenvalue weighted by molar-refractivity contribution is 0.102. The van der Waals surface area contributed by atoms with Gasteiger partial charge in [0.15, 0.2) is 5.78 Å². The number of carbonyl (C=O) groups is 2. The molecule has 2 heterocycles. The molecule has 0 atom stereocenters. The minimum absolute atomic E-state index is 0.118. The van der Waals surface area contributed by atoms with Gasteiger partial charge < -0.3 is 15.4 Å². The van der Waals surface area contributed by atoms with Crippen molar-refractivity contribution < 1.29 is 14.3 Å². The summed E-state index contributed by atoms with van der Waals surface area (Å²) in [6.45, 7) is 6.32. The minimum atomic E-state index is -0.220. The number of pyridine rings is 1. The standard InChI is InChI=1S/C29H31N3O3S/c1-5-15-36-28-23(7-6-14-30-28)27(34)31-21-11-8-19(9-12-21)26(33)17-25-24-16-22(35-4)13-10-20(24)18-29(2,3)32-25/h6-14,16-17,32H,5,15,18H2,1-4H3,(H,31,34). The van der Waals surface area contributed by atoms with Crippen LogP contribution in [0.25, 0.3) is 5.70 Å². The van der Waals surface area contributed by atoms with E-state index in [1.54, 1.807) is 67.5 Å². The lowest BCUT2D eigenvalue weighted by Crippen LogP contribution is -2.43. The number of benzene rings is 2. The highest BCUT2D eigenvalue weighted by atomic mass is 32.2. The zero-order chi connectivity index (χ0) is 25.7. The normalized spacial score (nSPS) is 15.1. The largest absolute Gasteiger partial charge is 0.497 e. The quantitative estimate of drug-likeness (QED) is 0.224. The number of thioether (sulfide) groups is 1. The Kier molecular flexibility index (Phi) is 7.79. The maximum Gasteiger partial charge on any atom is 0.258 e. The van der Waals surface area contributed by atoms with Crippen molar-refractivity contribution in [3.63, 3.8) is 0 Å². The molecule has 0 saturated heterocycles. The Balaban J connectivity index is 1.52. The molecule has 4 rings (SSSR count). The third-order valence-corrected chi connectivity index (χ3v) is 7.09. The van der Waals surface area contributed by atoms with Crippen LogP contribution >= 0.6 is 11.8 Å².